The zero-order valence-corrected chi connectivity index (χ0v) is 68.7. The summed E-state index contributed by atoms with van der Waals surface area (Å²) in [7, 11) is -9.92. The molecule has 17 nitrogen and oxygen atoms in total. The van der Waals surface area contributed by atoms with Crippen LogP contribution in [-0.2, 0) is 65.4 Å². The molecule has 0 saturated heterocycles. The summed E-state index contributed by atoms with van der Waals surface area (Å²) in [5.41, 5.74) is 0. The van der Waals surface area contributed by atoms with Gasteiger partial charge in [-0.2, -0.15) is 0 Å². The number of unbranched alkanes of at least 4 members (excludes halogenated alkanes) is 52. The lowest BCUT2D eigenvalue weighted by Crippen LogP contribution is -2.30. The molecule has 0 saturated carbocycles. The maximum atomic E-state index is 13.1. The van der Waals surface area contributed by atoms with Crippen molar-refractivity contribution in [2.75, 3.05) is 39.6 Å². The molecule has 0 spiro atoms. The number of phosphoric ester groups is 2. The Morgan fingerprint density at radius 1 is 0.265 bits per heavy atom. The van der Waals surface area contributed by atoms with Crippen molar-refractivity contribution in [3.8, 4) is 0 Å². The molecule has 0 aliphatic heterocycles. The molecule has 606 valence electrons. The van der Waals surface area contributed by atoms with E-state index in [0.29, 0.717) is 25.7 Å². The Bertz CT molecular complexity index is 1960. The van der Waals surface area contributed by atoms with Crippen LogP contribution in [-0.4, -0.2) is 96.7 Å². The van der Waals surface area contributed by atoms with E-state index in [9.17, 15) is 43.2 Å². The molecule has 0 radical (unpaired) electrons. The minimum Gasteiger partial charge on any atom is -0.462 e. The van der Waals surface area contributed by atoms with Gasteiger partial charge < -0.3 is 33.8 Å². The molecule has 0 aromatic carbocycles. The Balaban J connectivity index is 5.23. The summed E-state index contributed by atoms with van der Waals surface area (Å²) in [5, 5.41) is 10.7. The zero-order valence-electron chi connectivity index (χ0n) is 66.9. The van der Waals surface area contributed by atoms with Crippen molar-refractivity contribution >= 4 is 39.5 Å². The zero-order chi connectivity index (χ0) is 74.9. The van der Waals surface area contributed by atoms with E-state index in [1.165, 1.54) is 257 Å². The summed E-state index contributed by atoms with van der Waals surface area (Å²) >= 11 is 0. The van der Waals surface area contributed by atoms with E-state index in [1.807, 2.05) is 0 Å². The van der Waals surface area contributed by atoms with Gasteiger partial charge in [0.2, 0.25) is 0 Å². The van der Waals surface area contributed by atoms with E-state index in [2.05, 4.69) is 41.5 Å². The van der Waals surface area contributed by atoms with Gasteiger partial charge in [-0.3, -0.25) is 37.3 Å². The minimum atomic E-state index is -4.96. The first-order valence-corrected chi connectivity index (χ1v) is 46.0. The SMILES string of the molecule is CCCCCCCCCCCCCCCCCCCCCCC(=O)O[C@H](COC(=O)CCCCCCCCCCCCCCCCC(C)C)COP(=O)(O)OC[C@@H](O)COP(=O)(O)OC[C@@H](COC(=O)CCCCCCCCCCCC)OC(=O)CCCCCCCCCCCCCCC(C)C. The van der Waals surface area contributed by atoms with Gasteiger partial charge in [0.05, 0.1) is 26.4 Å². The lowest BCUT2D eigenvalue weighted by molar-refractivity contribution is -0.161. The van der Waals surface area contributed by atoms with Crippen molar-refractivity contribution in [3.63, 3.8) is 0 Å². The van der Waals surface area contributed by atoms with Crippen LogP contribution in [0.3, 0.4) is 0 Å². The largest absolute Gasteiger partial charge is 0.472 e. The van der Waals surface area contributed by atoms with Gasteiger partial charge in [-0.1, -0.05) is 388 Å². The van der Waals surface area contributed by atoms with Crippen molar-refractivity contribution in [2.45, 2.75) is 458 Å². The van der Waals surface area contributed by atoms with Gasteiger partial charge >= 0.3 is 39.5 Å². The summed E-state index contributed by atoms with van der Waals surface area (Å²) in [6.45, 7) is 9.67. The number of carbonyl (C=O) groups is 4. The molecule has 5 atom stereocenters. The normalized spacial score (nSPS) is 13.9. The number of rotatable bonds is 82. The van der Waals surface area contributed by atoms with Crippen LogP contribution in [0.25, 0.3) is 0 Å². The fourth-order valence-electron chi connectivity index (χ4n) is 12.9. The number of phosphoric acid groups is 2. The van der Waals surface area contributed by atoms with Gasteiger partial charge in [0.15, 0.2) is 12.2 Å². The highest BCUT2D eigenvalue weighted by Crippen LogP contribution is 2.45. The summed E-state index contributed by atoms with van der Waals surface area (Å²) in [4.78, 5) is 73.1. The van der Waals surface area contributed by atoms with Crippen LogP contribution in [0.4, 0.5) is 0 Å². The van der Waals surface area contributed by atoms with Crippen molar-refractivity contribution in [1.82, 2.24) is 0 Å². The second-order valence-electron chi connectivity index (χ2n) is 30.8. The lowest BCUT2D eigenvalue weighted by atomic mass is 10.0. The van der Waals surface area contributed by atoms with E-state index in [1.54, 1.807) is 0 Å². The molecule has 0 rings (SSSR count). The molecule has 0 aliphatic rings. The lowest BCUT2D eigenvalue weighted by Gasteiger charge is -2.21. The van der Waals surface area contributed by atoms with Crippen LogP contribution in [0.5, 0.6) is 0 Å². The van der Waals surface area contributed by atoms with Gasteiger partial charge in [0, 0.05) is 25.7 Å². The average molecular weight is 1490 g/mol. The number of aliphatic hydroxyl groups excluding tert-OH is 1. The van der Waals surface area contributed by atoms with Crippen LogP contribution < -0.4 is 0 Å². The Morgan fingerprint density at radius 2 is 0.451 bits per heavy atom. The maximum Gasteiger partial charge on any atom is 0.472 e. The molecule has 0 amide bonds. The van der Waals surface area contributed by atoms with Crippen molar-refractivity contribution in [3.05, 3.63) is 0 Å². The van der Waals surface area contributed by atoms with Crippen LogP contribution in [0, 0.1) is 11.8 Å². The van der Waals surface area contributed by atoms with Crippen molar-refractivity contribution in [2.24, 2.45) is 11.8 Å². The Morgan fingerprint density at radius 3 is 0.667 bits per heavy atom. The van der Waals surface area contributed by atoms with Crippen molar-refractivity contribution < 1.29 is 80.2 Å². The first kappa shape index (κ1) is 100. The average Bonchev–Trinajstić information content (AvgIpc) is 0.916. The summed E-state index contributed by atoms with van der Waals surface area (Å²) in [6.07, 6.45) is 65.2. The summed E-state index contributed by atoms with van der Waals surface area (Å²) < 4.78 is 68.8. The van der Waals surface area contributed by atoms with Gasteiger partial charge in [-0.15, -0.1) is 0 Å². The molecular weight excluding hydrogens is 1330 g/mol. The first-order valence-electron chi connectivity index (χ1n) is 43.0. The summed E-state index contributed by atoms with van der Waals surface area (Å²) in [6, 6.07) is 0. The van der Waals surface area contributed by atoms with Gasteiger partial charge in [-0.25, -0.2) is 9.13 Å². The standard InChI is InChI=1S/C83H162O17P2/c1-7-9-11-13-15-17-19-20-21-22-23-24-25-26-31-37-43-49-55-61-67-82(87)100-79(72-94-81(86)66-60-54-48-42-36-30-28-27-29-34-39-45-51-57-63-75(3)4)74-98-102(91,92)96-70-77(84)69-95-101(89,90)97-73-78(71-93-80(85)65-59-53-47-41-18-16-14-12-10-8-2)99-83(88)68-62-56-50-44-38-33-32-35-40-46-52-58-64-76(5)6/h75-79,84H,7-74H2,1-6H3,(H,89,90)(H,91,92)/t77-,78+,79+/m0/s1. The fourth-order valence-corrected chi connectivity index (χ4v) is 14.5. The monoisotopic (exact) mass is 1490 g/mol. The Labute approximate surface area is 626 Å². The predicted molar refractivity (Wildman–Crippen MR) is 418 cm³/mol. The van der Waals surface area contributed by atoms with Crippen molar-refractivity contribution in [1.29, 1.82) is 0 Å². The van der Waals surface area contributed by atoms with E-state index < -0.39 is 97.5 Å². The number of hydrogen-bond acceptors (Lipinski definition) is 15. The van der Waals surface area contributed by atoms with Crippen LogP contribution >= 0.6 is 15.6 Å². The van der Waals surface area contributed by atoms with Gasteiger partial charge in [-0.05, 0) is 37.5 Å². The molecule has 0 bridgehead atoms. The van der Waals surface area contributed by atoms with E-state index in [4.69, 9.17) is 37.0 Å². The number of carbonyl (C=O) groups excluding carboxylic acids is 4. The highest BCUT2D eigenvalue weighted by atomic mass is 31.2. The van der Waals surface area contributed by atoms with Crippen LogP contribution in [0.15, 0.2) is 0 Å². The molecule has 3 N–H and O–H groups in total. The molecular formula is C83H162O17P2. The topological polar surface area (TPSA) is 237 Å². The fraction of sp³-hybridized carbons (Fsp3) is 0.952. The number of esters is 4. The third-order valence-electron chi connectivity index (χ3n) is 19.5. The maximum absolute atomic E-state index is 13.1. The Hall–Kier alpha value is -1.94. The number of aliphatic hydroxyl groups is 1. The third kappa shape index (κ3) is 76.3. The second-order valence-corrected chi connectivity index (χ2v) is 33.7. The molecule has 0 fully saturated rings. The molecule has 0 aromatic heterocycles. The van der Waals surface area contributed by atoms with Gasteiger partial charge in [0.1, 0.15) is 19.3 Å². The van der Waals surface area contributed by atoms with E-state index in [0.717, 1.165) is 102 Å². The smallest absolute Gasteiger partial charge is 0.462 e. The molecule has 0 heterocycles. The summed E-state index contributed by atoms with van der Waals surface area (Å²) in [5.74, 6) is -0.530. The molecule has 19 heteroatoms. The third-order valence-corrected chi connectivity index (χ3v) is 21.4. The Kier molecular flexibility index (Phi) is 73.1. The molecule has 0 aromatic rings. The quantitative estimate of drug-likeness (QED) is 0.0222. The van der Waals surface area contributed by atoms with E-state index in [-0.39, 0.29) is 25.7 Å². The molecule has 0 aliphatic carbocycles. The molecule has 102 heavy (non-hydrogen) atoms. The minimum absolute atomic E-state index is 0.107. The van der Waals surface area contributed by atoms with E-state index >= 15 is 0 Å². The second kappa shape index (κ2) is 74.5. The highest BCUT2D eigenvalue weighted by Gasteiger charge is 2.30. The first-order chi connectivity index (χ1) is 49.4. The van der Waals surface area contributed by atoms with Gasteiger partial charge in [0.25, 0.3) is 0 Å². The highest BCUT2D eigenvalue weighted by molar-refractivity contribution is 7.47. The van der Waals surface area contributed by atoms with Crippen LogP contribution in [0.1, 0.15) is 440 Å². The number of hydrogen-bond donors (Lipinski definition) is 3. The van der Waals surface area contributed by atoms with Crippen LogP contribution in [0.2, 0.25) is 0 Å². The molecule has 2 unspecified atom stereocenters. The number of ether oxygens (including phenoxy) is 4. The predicted octanol–water partition coefficient (Wildman–Crippen LogP) is 25.1.